The summed E-state index contributed by atoms with van der Waals surface area (Å²) in [4.78, 5) is 14.1. The quantitative estimate of drug-likeness (QED) is 0.855. The minimum Gasteiger partial charge on any atom is -0.392 e. The molecule has 1 heterocycles. The molecule has 0 radical (unpaired) electrons. The average molecular weight is 330 g/mol. The first-order valence-electron chi connectivity index (χ1n) is 8.23. The van der Waals surface area contributed by atoms with Crippen LogP contribution >= 0.6 is 0 Å². The zero-order valence-corrected chi connectivity index (χ0v) is 14.7. The SMILES string of the molecule is CC(O)CN(C(=O)NC(C)c1ccc(-n2cccn2)cc1)C(C)C. The molecule has 2 amide bonds. The molecule has 6 heteroatoms. The van der Waals surface area contributed by atoms with Crippen molar-refractivity contribution in [2.24, 2.45) is 0 Å². The van der Waals surface area contributed by atoms with Crippen LogP contribution in [-0.4, -0.2) is 44.5 Å². The Balaban J connectivity index is 2.03. The van der Waals surface area contributed by atoms with Crippen LogP contribution in [0.1, 0.15) is 39.3 Å². The van der Waals surface area contributed by atoms with Crippen molar-refractivity contribution < 1.29 is 9.90 Å². The predicted molar refractivity (Wildman–Crippen MR) is 94.0 cm³/mol. The molecular formula is C18H26N4O2. The lowest BCUT2D eigenvalue weighted by atomic mass is 10.1. The Kier molecular flexibility index (Phi) is 5.98. The largest absolute Gasteiger partial charge is 0.392 e. The minimum absolute atomic E-state index is 0.0222. The van der Waals surface area contributed by atoms with Crippen LogP contribution in [0.25, 0.3) is 5.69 Å². The first kappa shape index (κ1) is 18.0. The van der Waals surface area contributed by atoms with Crippen LogP contribution in [-0.2, 0) is 0 Å². The van der Waals surface area contributed by atoms with Crippen molar-refractivity contribution in [1.82, 2.24) is 20.0 Å². The van der Waals surface area contributed by atoms with Crippen LogP contribution in [0.5, 0.6) is 0 Å². The van der Waals surface area contributed by atoms with Crippen LogP contribution in [0.3, 0.4) is 0 Å². The molecule has 24 heavy (non-hydrogen) atoms. The Morgan fingerprint density at radius 3 is 2.42 bits per heavy atom. The molecule has 2 aromatic rings. The first-order chi connectivity index (χ1) is 11.4. The van der Waals surface area contributed by atoms with E-state index in [-0.39, 0.29) is 18.1 Å². The number of carbonyl (C=O) groups is 1. The zero-order chi connectivity index (χ0) is 17.7. The fourth-order valence-electron chi connectivity index (χ4n) is 2.50. The van der Waals surface area contributed by atoms with E-state index in [1.54, 1.807) is 22.7 Å². The van der Waals surface area contributed by atoms with Crippen LogP contribution in [0.15, 0.2) is 42.7 Å². The summed E-state index contributed by atoms with van der Waals surface area (Å²) >= 11 is 0. The van der Waals surface area contributed by atoms with Gasteiger partial charge in [-0.15, -0.1) is 0 Å². The number of benzene rings is 1. The number of nitrogens with one attached hydrogen (secondary N) is 1. The van der Waals surface area contributed by atoms with Crippen LogP contribution in [0.2, 0.25) is 0 Å². The second-order valence-electron chi connectivity index (χ2n) is 6.31. The van der Waals surface area contributed by atoms with Gasteiger partial charge in [0.25, 0.3) is 0 Å². The van der Waals surface area contributed by atoms with Gasteiger partial charge in [-0.1, -0.05) is 12.1 Å². The molecule has 0 fully saturated rings. The predicted octanol–water partition coefficient (Wildman–Crippen LogP) is 2.73. The van der Waals surface area contributed by atoms with E-state index in [1.807, 2.05) is 57.3 Å². The smallest absolute Gasteiger partial charge is 0.318 e. The number of rotatable bonds is 6. The van der Waals surface area contributed by atoms with E-state index >= 15 is 0 Å². The standard InChI is InChI=1S/C18H26N4O2/c1-13(2)21(12-14(3)23)18(24)20-15(4)16-6-8-17(9-7-16)22-11-5-10-19-22/h5-11,13-15,23H,12H2,1-4H3,(H,20,24). The highest BCUT2D eigenvalue weighted by molar-refractivity contribution is 5.75. The summed E-state index contributed by atoms with van der Waals surface area (Å²) in [5.41, 5.74) is 1.99. The fraction of sp³-hybridized carbons (Fsp3) is 0.444. The Bertz CT molecular complexity index is 636. The molecule has 2 unspecified atom stereocenters. The topological polar surface area (TPSA) is 70.4 Å². The van der Waals surface area contributed by atoms with Crippen LogP contribution in [0.4, 0.5) is 4.79 Å². The molecule has 2 atom stereocenters. The Labute approximate surface area is 143 Å². The lowest BCUT2D eigenvalue weighted by Crippen LogP contribution is -2.47. The van der Waals surface area contributed by atoms with Crippen molar-refractivity contribution in [2.45, 2.75) is 45.9 Å². The van der Waals surface area contributed by atoms with Gasteiger partial charge in [0.05, 0.1) is 17.8 Å². The highest BCUT2D eigenvalue weighted by Crippen LogP contribution is 2.16. The van der Waals surface area contributed by atoms with Gasteiger partial charge in [0.2, 0.25) is 0 Å². The number of aromatic nitrogens is 2. The summed E-state index contributed by atoms with van der Waals surface area (Å²) < 4.78 is 1.79. The molecule has 0 spiro atoms. The van der Waals surface area contributed by atoms with Gasteiger partial charge in [0, 0.05) is 25.0 Å². The number of nitrogens with zero attached hydrogens (tertiary/aromatic N) is 3. The third-order valence-electron chi connectivity index (χ3n) is 3.85. The summed E-state index contributed by atoms with van der Waals surface area (Å²) in [6.45, 7) is 7.81. The highest BCUT2D eigenvalue weighted by atomic mass is 16.3. The van der Waals surface area contributed by atoms with Crippen molar-refractivity contribution in [3.63, 3.8) is 0 Å². The van der Waals surface area contributed by atoms with E-state index in [0.29, 0.717) is 6.54 Å². The summed E-state index contributed by atoms with van der Waals surface area (Å²) in [6.07, 6.45) is 3.07. The average Bonchev–Trinajstić information content (AvgIpc) is 3.06. The molecule has 0 aliphatic heterocycles. The molecule has 0 aliphatic rings. The number of amides is 2. The Morgan fingerprint density at radius 2 is 1.92 bits per heavy atom. The second-order valence-corrected chi connectivity index (χ2v) is 6.31. The van der Waals surface area contributed by atoms with Gasteiger partial charge in [-0.25, -0.2) is 9.48 Å². The molecule has 0 saturated carbocycles. The number of hydrogen-bond acceptors (Lipinski definition) is 3. The molecule has 2 N–H and O–H groups in total. The molecule has 1 aromatic carbocycles. The summed E-state index contributed by atoms with van der Waals surface area (Å²) in [7, 11) is 0. The minimum atomic E-state index is -0.554. The van der Waals surface area contributed by atoms with E-state index in [4.69, 9.17) is 0 Å². The van der Waals surface area contributed by atoms with Crippen molar-refractivity contribution in [3.8, 4) is 5.69 Å². The van der Waals surface area contributed by atoms with Crippen molar-refractivity contribution in [2.75, 3.05) is 6.54 Å². The lowest BCUT2D eigenvalue weighted by Gasteiger charge is -2.29. The zero-order valence-electron chi connectivity index (χ0n) is 14.7. The third kappa shape index (κ3) is 4.58. The van der Waals surface area contributed by atoms with Gasteiger partial charge in [0.1, 0.15) is 0 Å². The van der Waals surface area contributed by atoms with Gasteiger partial charge >= 0.3 is 6.03 Å². The second kappa shape index (κ2) is 7.97. The number of aliphatic hydroxyl groups excluding tert-OH is 1. The molecule has 2 rings (SSSR count). The fourth-order valence-corrected chi connectivity index (χ4v) is 2.50. The van der Waals surface area contributed by atoms with Gasteiger partial charge in [-0.05, 0) is 51.5 Å². The Morgan fingerprint density at radius 1 is 1.25 bits per heavy atom. The van der Waals surface area contributed by atoms with Crippen molar-refractivity contribution in [1.29, 1.82) is 0 Å². The molecule has 130 valence electrons. The van der Waals surface area contributed by atoms with E-state index in [0.717, 1.165) is 11.3 Å². The molecule has 0 bridgehead atoms. The highest BCUT2D eigenvalue weighted by Gasteiger charge is 2.20. The van der Waals surface area contributed by atoms with E-state index in [2.05, 4.69) is 10.4 Å². The maximum Gasteiger partial charge on any atom is 0.318 e. The molecule has 0 saturated heterocycles. The molecule has 1 aromatic heterocycles. The van der Waals surface area contributed by atoms with Gasteiger partial charge in [-0.2, -0.15) is 5.10 Å². The third-order valence-corrected chi connectivity index (χ3v) is 3.85. The van der Waals surface area contributed by atoms with Gasteiger partial charge in [-0.3, -0.25) is 0 Å². The van der Waals surface area contributed by atoms with Crippen LogP contribution < -0.4 is 5.32 Å². The van der Waals surface area contributed by atoms with Gasteiger partial charge in [0.15, 0.2) is 0 Å². The molecule has 6 nitrogen and oxygen atoms in total. The van der Waals surface area contributed by atoms with Gasteiger partial charge < -0.3 is 15.3 Å². The summed E-state index contributed by atoms with van der Waals surface area (Å²) in [6, 6.07) is 9.51. The summed E-state index contributed by atoms with van der Waals surface area (Å²) in [5, 5.41) is 16.7. The summed E-state index contributed by atoms with van der Waals surface area (Å²) in [5.74, 6) is 0. The van der Waals surface area contributed by atoms with Crippen molar-refractivity contribution in [3.05, 3.63) is 48.3 Å². The maximum absolute atomic E-state index is 12.4. The van der Waals surface area contributed by atoms with E-state index < -0.39 is 6.10 Å². The van der Waals surface area contributed by atoms with E-state index in [9.17, 15) is 9.90 Å². The molecule has 0 aliphatic carbocycles. The normalized spacial score (nSPS) is 13.6. The first-order valence-corrected chi connectivity index (χ1v) is 8.23. The number of hydrogen-bond donors (Lipinski definition) is 2. The number of aliphatic hydroxyl groups is 1. The number of carbonyl (C=O) groups excluding carboxylic acids is 1. The number of urea groups is 1. The monoisotopic (exact) mass is 330 g/mol. The lowest BCUT2D eigenvalue weighted by molar-refractivity contribution is 0.117. The maximum atomic E-state index is 12.4. The van der Waals surface area contributed by atoms with Crippen LogP contribution in [0, 0.1) is 0 Å². The molecular weight excluding hydrogens is 304 g/mol. The Hall–Kier alpha value is -2.34. The van der Waals surface area contributed by atoms with Crippen molar-refractivity contribution >= 4 is 6.03 Å². The van der Waals surface area contributed by atoms with E-state index in [1.165, 1.54) is 0 Å².